The smallest absolute Gasteiger partial charge is 0.242 e. The first-order valence-corrected chi connectivity index (χ1v) is 11.6. The van der Waals surface area contributed by atoms with Gasteiger partial charge in [-0.3, -0.25) is 19.3 Å². The minimum atomic E-state index is -0.232. The highest BCUT2D eigenvalue weighted by atomic mass is 16.5. The van der Waals surface area contributed by atoms with E-state index in [1.165, 1.54) is 12.7 Å². The van der Waals surface area contributed by atoms with Crippen molar-refractivity contribution >= 4 is 11.8 Å². The van der Waals surface area contributed by atoms with Crippen molar-refractivity contribution in [1.82, 2.24) is 29.5 Å². The van der Waals surface area contributed by atoms with Crippen LogP contribution in [0.15, 0.2) is 37.1 Å². The van der Waals surface area contributed by atoms with E-state index in [0.29, 0.717) is 39.1 Å². The summed E-state index contributed by atoms with van der Waals surface area (Å²) in [5, 5.41) is 4.07. The van der Waals surface area contributed by atoms with Crippen LogP contribution in [0.4, 0.5) is 0 Å². The third-order valence-corrected chi connectivity index (χ3v) is 6.28. The number of aryl methyl sites for hydroxylation is 1. The first kappa shape index (κ1) is 22.4. The summed E-state index contributed by atoms with van der Waals surface area (Å²) < 4.78 is 7.90. The fraction of sp³-hybridized carbons (Fsp3) is 0.609. The Morgan fingerprint density at radius 1 is 1.16 bits per heavy atom. The predicted molar refractivity (Wildman–Crippen MR) is 117 cm³/mol. The molecule has 1 atom stereocenters. The molecule has 9 heteroatoms. The van der Waals surface area contributed by atoms with E-state index in [1.807, 2.05) is 23.1 Å². The minimum Gasteiger partial charge on any atom is -0.368 e. The fourth-order valence-electron chi connectivity index (χ4n) is 4.57. The van der Waals surface area contributed by atoms with Crippen LogP contribution < -0.4 is 0 Å². The molecule has 2 fully saturated rings. The lowest BCUT2D eigenvalue weighted by Gasteiger charge is -2.34. The second-order valence-corrected chi connectivity index (χ2v) is 8.63. The van der Waals surface area contributed by atoms with Crippen molar-refractivity contribution in [1.29, 1.82) is 0 Å². The highest BCUT2D eigenvalue weighted by Crippen LogP contribution is 2.25. The average Bonchev–Trinajstić information content (AvgIpc) is 3.28. The Morgan fingerprint density at radius 3 is 2.78 bits per heavy atom. The molecule has 1 saturated carbocycles. The van der Waals surface area contributed by atoms with Crippen LogP contribution in [0.2, 0.25) is 0 Å². The van der Waals surface area contributed by atoms with Crippen LogP contribution in [-0.4, -0.2) is 73.1 Å². The van der Waals surface area contributed by atoms with Gasteiger partial charge in [-0.25, -0.2) is 4.98 Å². The number of hydrogen-bond acceptors (Lipinski definition) is 6. The Morgan fingerprint density at radius 2 is 2.03 bits per heavy atom. The molecule has 172 valence electrons. The van der Waals surface area contributed by atoms with Gasteiger partial charge in [0, 0.05) is 38.3 Å². The van der Waals surface area contributed by atoms with Crippen LogP contribution >= 0.6 is 0 Å². The van der Waals surface area contributed by atoms with Gasteiger partial charge in [-0.15, -0.1) is 0 Å². The summed E-state index contributed by atoms with van der Waals surface area (Å²) in [5.74, 6) is 0.0147. The molecule has 0 radical (unpaired) electrons. The Hall–Kier alpha value is -2.81. The topological polar surface area (TPSA) is 93.5 Å². The molecule has 4 rings (SSSR count). The van der Waals surface area contributed by atoms with Crippen molar-refractivity contribution < 1.29 is 14.3 Å². The van der Waals surface area contributed by atoms with Gasteiger partial charge in [0.2, 0.25) is 11.8 Å². The lowest BCUT2D eigenvalue weighted by Crippen LogP contribution is -2.46. The summed E-state index contributed by atoms with van der Waals surface area (Å²) >= 11 is 0. The van der Waals surface area contributed by atoms with Gasteiger partial charge in [0.25, 0.3) is 0 Å². The lowest BCUT2D eigenvalue weighted by molar-refractivity contribution is -0.140. The minimum absolute atomic E-state index is 0.0182. The summed E-state index contributed by atoms with van der Waals surface area (Å²) in [7, 11) is 0. The maximum Gasteiger partial charge on any atom is 0.242 e. The van der Waals surface area contributed by atoms with Crippen LogP contribution in [0.25, 0.3) is 0 Å². The van der Waals surface area contributed by atoms with Gasteiger partial charge in [-0.2, -0.15) is 5.10 Å². The van der Waals surface area contributed by atoms with E-state index >= 15 is 0 Å². The number of carbonyl (C=O) groups is 2. The summed E-state index contributed by atoms with van der Waals surface area (Å²) in [5.41, 5.74) is 0.845. The largest absolute Gasteiger partial charge is 0.368 e. The van der Waals surface area contributed by atoms with Crippen molar-refractivity contribution in [3.05, 3.63) is 42.7 Å². The molecule has 2 aromatic rings. The molecule has 1 aliphatic carbocycles. The molecule has 0 spiro atoms. The number of hydrogen-bond donors (Lipinski definition) is 0. The van der Waals surface area contributed by atoms with E-state index in [9.17, 15) is 9.59 Å². The van der Waals surface area contributed by atoms with E-state index in [1.54, 1.807) is 22.1 Å². The normalized spacial score (nSPS) is 20.4. The molecule has 1 unspecified atom stereocenters. The highest BCUT2D eigenvalue weighted by Gasteiger charge is 2.34. The van der Waals surface area contributed by atoms with Crippen molar-refractivity contribution in [2.75, 3.05) is 19.6 Å². The third-order valence-electron chi connectivity index (χ3n) is 6.28. The zero-order chi connectivity index (χ0) is 22.2. The van der Waals surface area contributed by atoms with E-state index in [0.717, 1.165) is 31.4 Å². The number of rotatable bonds is 8. The molecule has 1 aliphatic heterocycles. The van der Waals surface area contributed by atoms with Gasteiger partial charge < -0.3 is 14.5 Å². The molecule has 2 amide bonds. The fourth-order valence-corrected chi connectivity index (χ4v) is 4.57. The third kappa shape index (κ3) is 6.12. The van der Waals surface area contributed by atoms with Gasteiger partial charge in [0.05, 0.1) is 24.9 Å². The standard InChI is InChI=1S/C23H32N6O3/c30-22(10-6-12-28-18-24-17-26-28)27-13-21(32-16-19-7-4-5-11-25-19)14-29(23(31)15-27)20-8-2-1-3-9-20/h4-5,7,11,17-18,20-21H,1-3,6,8-10,12-16H2. The molecule has 2 aromatic heterocycles. The second-order valence-electron chi connectivity index (χ2n) is 8.63. The van der Waals surface area contributed by atoms with Crippen LogP contribution in [0, 0.1) is 0 Å². The highest BCUT2D eigenvalue weighted by molar-refractivity contribution is 5.85. The Labute approximate surface area is 188 Å². The summed E-state index contributed by atoms with van der Waals surface area (Å²) in [4.78, 5) is 38.0. The molecule has 0 N–H and O–H groups in total. The summed E-state index contributed by atoms with van der Waals surface area (Å²) in [6.45, 7) is 2.07. The molecule has 0 bridgehead atoms. The van der Waals surface area contributed by atoms with Gasteiger partial charge in [0.1, 0.15) is 12.7 Å². The van der Waals surface area contributed by atoms with Gasteiger partial charge in [-0.1, -0.05) is 25.3 Å². The van der Waals surface area contributed by atoms with Crippen molar-refractivity contribution in [3.63, 3.8) is 0 Å². The molecular weight excluding hydrogens is 408 g/mol. The van der Waals surface area contributed by atoms with E-state index in [4.69, 9.17) is 4.74 Å². The molecular formula is C23H32N6O3. The van der Waals surface area contributed by atoms with Gasteiger partial charge >= 0.3 is 0 Å². The summed E-state index contributed by atoms with van der Waals surface area (Å²) in [6, 6.07) is 5.98. The van der Waals surface area contributed by atoms with Gasteiger partial charge in [-0.05, 0) is 31.4 Å². The number of pyridine rings is 1. The number of ether oxygens (including phenoxy) is 1. The molecule has 2 aliphatic rings. The van der Waals surface area contributed by atoms with Crippen molar-refractivity contribution in [2.24, 2.45) is 0 Å². The first-order chi connectivity index (χ1) is 15.7. The van der Waals surface area contributed by atoms with Crippen molar-refractivity contribution in [3.8, 4) is 0 Å². The molecule has 9 nitrogen and oxygen atoms in total. The zero-order valence-corrected chi connectivity index (χ0v) is 18.5. The summed E-state index contributed by atoms with van der Waals surface area (Å²) in [6.07, 6.45) is 11.3. The van der Waals surface area contributed by atoms with Gasteiger partial charge in [0.15, 0.2) is 0 Å². The van der Waals surface area contributed by atoms with Crippen LogP contribution in [0.5, 0.6) is 0 Å². The number of nitrogens with zero attached hydrogens (tertiary/aromatic N) is 6. The average molecular weight is 441 g/mol. The quantitative estimate of drug-likeness (QED) is 0.624. The van der Waals surface area contributed by atoms with E-state index < -0.39 is 0 Å². The number of carbonyl (C=O) groups excluding carboxylic acids is 2. The first-order valence-electron chi connectivity index (χ1n) is 11.6. The van der Waals surface area contributed by atoms with E-state index in [2.05, 4.69) is 15.1 Å². The monoisotopic (exact) mass is 440 g/mol. The Kier molecular flexibility index (Phi) is 7.82. The maximum absolute atomic E-state index is 13.2. The number of aromatic nitrogens is 4. The SMILES string of the molecule is O=C(CCCn1cncn1)N1CC(=O)N(C2CCCCC2)CC(OCc2ccccn2)C1. The van der Waals surface area contributed by atoms with Crippen LogP contribution in [0.1, 0.15) is 50.6 Å². The van der Waals surface area contributed by atoms with Crippen molar-refractivity contribution in [2.45, 2.75) is 70.2 Å². The lowest BCUT2D eigenvalue weighted by atomic mass is 9.94. The molecule has 1 saturated heterocycles. The zero-order valence-electron chi connectivity index (χ0n) is 18.5. The second kappa shape index (κ2) is 11.2. The molecule has 32 heavy (non-hydrogen) atoms. The molecule has 3 heterocycles. The maximum atomic E-state index is 13.2. The molecule has 0 aromatic carbocycles. The van der Waals surface area contributed by atoms with Crippen LogP contribution in [-0.2, 0) is 27.5 Å². The predicted octanol–water partition coefficient (Wildman–Crippen LogP) is 2.04. The Balaban J connectivity index is 1.40. The van der Waals surface area contributed by atoms with E-state index in [-0.39, 0.29) is 30.5 Å². The number of amides is 2. The van der Waals surface area contributed by atoms with Crippen LogP contribution in [0.3, 0.4) is 0 Å². The Bertz CT molecular complexity index is 854.